The predicted molar refractivity (Wildman–Crippen MR) is 57.5 cm³/mol. The highest BCUT2D eigenvalue weighted by molar-refractivity contribution is 7.12. The number of Topliss-reactive ketones (excluding diaryl/α,β-unsaturated/α-hetero) is 1. The zero-order valence-electron chi connectivity index (χ0n) is 8.58. The molecule has 1 aromatic heterocycles. The number of aliphatic carboxylic acids is 1. The number of rotatable bonds is 5. The summed E-state index contributed by atoms with van der Waals surface area (Å²) in [6, 6.07) is 1.51. The minimum absolute atomic E-state index is 0.216. The molecule has 0 aliphatic carbocycles. The Morgan fingerprint density at radius 3 is 2.56 bits per heavy atom. The molecule has 1 heterocycles. The third-order valence-electron chi connectivity index (χ3n) is 2.08. The SMILES string of the molecule is CC(=O)c1sccc1C(O)C(O)CC(=O)O. The molecule has 88 valence electrons. The van der Waals surface area contributed by atoms with Gasteiger partial charge in [-0.2, -0.15) is 0 Å². The molecule has 0 radical (unpaired) electrons. The van der Waals surface area contributed by atoms with Gasteiger partial charge >= 0.3 is 5.97 Å². The van der Waals surface area contributed by atoms with Gasteiger partial charge in [0.15, 0.2) is 5.78 Å². The van der Waals surface area contributed by atoms with Crippen molar-refractivity contribution in [1.29, 1.82) is 0 Å². The van der Waals surface area contributed by atoms with E-state index in [0.29, 0.717) is 4.88 Å². The number of carboxylic acid groups (broad SMARTS) is 1. The lowest BCUT2D eigenvalue weighted by atomic mass is 10.0. The summed E-state index contributed by atoms with van der Waals surface area (Å²) in [5.41, 5.74) is 0.284. The average Bonchev–Trinajstić information content (AvgIpc) is 2.63. The Balaban J connectivity index is 2.87. The summed E-state index contributed by atoms with van der Waals surface area (Å²) >= 11 is 1.15. The molecule has 2 atom stereocenters. The van der Waals surface area contributed by atoms with Crippen molar-refractivity contribution in [1.82, 2.24) is 0 Å². The number of ketones is 1. The summed E-state index contributed by atoms with van der Waals surface area (Å²) in [7, 11) is 0. The number of aliphatic hydroxyl groups excluding tert-OH is 2. The van der Waals surface area contributed by atoms with E-state index in [1.807, 2.05) is 0 Å². The Labute approximate surface area is 96.0 Å². The Morgan fingerprint density at radius 1 is 1.44 bits per heavy atom. The molecule has 0 fully saturated rings. The second-order valence-electron chi connectivity index (χ2n) is 3.37. The standard InChI is InChI=1S/C10H12O5S/c1-5(11)10-6(2-3-16-10)9(15)7(12)4-8(13)14/h2-3,7,9,12,15H,4H2,1H3,(H,13,14). The van der Waals surface area contributed by atoms with Gasteiger partial charge in [-0.25, -0.2) is 0 Å². The molecule has 3 N–H and O–H groups in total. The summed E-state index contributed by atoms with van der Waals surface area (Å²) in [5.74, 6) is -1.42. The van der Waals surface area contributed by atoms with Gasteiger partial charge in [-0.05, 0) is 18.4 Å². The van der Waals surface area contributed by atoms with Crippen LogP contribution in [0.3, 0.4) is 0 Å². The van der Waals surface area contributed by atoms with Crippen LogP contribution in [0.25, 0.3) is 0 Å². The maximum absolute atomic E-state index is 11.2. The lowest BCUT2D eigenvalue weighted by molar-refractivity contribution is -0.141. The van der Waals surface area contributed by atoms with E-state index in [9.17, 15) is 19.8 Å². The molecule has 0 aliphatic heterocycles. The van der Waals surface area contributed by atoms with Gasteiger partial charge in [0.1, 0.15) is 6.10 Å². The summed E-state index contributed by atoms with van der Waals surface area (Å²) in [5, 5.41) is 29.2. The second kappa shape index (κ2) is 5.20. The number of hydrogen-bond donors (Lipinski definition) is 3. The predicted octanol–water partition coefficient (Wildman–Crippen LogP) is 0.820. The van der Waals surface area contributed by atoms with Crippen molar-refractivity contribution in [2.75, 3.05) is 0 Å². The summed E-state index contributed by atoms with van der Waals surface area (Å²) in [6.07, 6.45) is -3.32. The van der Waals surface area contributed by atoms with E-state index in [1.54, 1.807) is 5.38 Å². The number of hydrogen-bond acceptors (Lipinski definition) is 5. The van der Waals surface area contributed by atoms with Gasteiger partial charge in [-0.15, -0.1) is 11.3 Å². The number of aliphatic hydroxyl groups is 2. The van der Waals surface area contributed by atoms with Crippen LogP contribution in [0.4, 0.5) is 0 Å². The molecule has 2 unspecified atom stereocenters. The second-order valence-corrected chi connectivity index (χ2v) is 4.29. The van der Waals surface area contributed by atoms with Crippen LogP contribution in [-0.4, -0.2) is 33.2 Å². The van der Waals surface area contributed by atoms with E-state index in [4.69, 9.17) is 5.11 Å². The molecule has 16 heavy (non-hydrogen) atoms. The van der Waals surface area contributed by atoms with E-state index in [1.165, 1.54) is 13.0 Å². The van der Waals surface area contributed by atoms with Gasteiger partial charge in [0.2, 0.25) is 0 Å². The minimum Gasteiger partial charge on any atom is -0.481 e. The van der Waals surface area contributed by atoms with Crippen molar-refractivity contribution < 1.29 is 24.9 Å². The molecule has 1 aromatic rings. The van der Waals surface area contributed by atoms with Crippen LogP contribution in [0.1, 0.15) is 34.7 Å². The van der Waals surface area contributed by atoms with Crippen LogP contribution >= 0.6 is 11.3 Å². The topological polar surface area (TPSA) is 94.8 Å². The van der Waals surface area contributed by atoms with Crippen LogP contribution in [-0.2, 0) is 4.79 Å². The summed E-state index contributed by atoms with van der Waals surface area (Å²) in [6.45, 7) is 1.35. The first kappa shape index (κ1) is 12.8. The molecule has 0 saturated heterocycles. The fourth-order valence-corrected chi connectivity index (χ4v) is 2.18. The molecule has 1 rings (SSSR count). The van der Waals surface area contributed by atoms with Crippen LogP contribution in [0.15, 0.2) is 11.4 Å². The lowest BCUT2D eigenvalue weighted by Crippen LogP contribution is -2.22. The Morgan fingerprint density at radius 2 is 2.06 bits per heavy atom. The lowest BCUT2D eigenvalue weighted by Gasteiger charge is -2.16. The first-order valence-corrected chi connectivity index (χ1v) is 5.47. The Bertz CT molecular complexity index is 398. The van der Waals surface area contributed by atoms with Crippen molar-refractivity contribution in [2.24, 2.45) is 0 Å². The molecule has 6 heteroatoms. The molecular formula is C10H12O5S. The highest BCUT2D eigenvalue weighted by Gasteiger charge is 2.25. The largest absolute Gasteiger partial charge is 0.481 e. The molecule has 0 bridgehead atoms. The minimum atomic E-state index is -1.41. The van der Waals surface area contributed by atoms with Crippen molar-refractivity contribution in [3.8, 4) is 0 Å². The van der Waals surface area contributed by atoms with Crippen molar-refractivity contribution in [3.05, 3.63) is 21.9 Å². The van der Waals surface area contributed by atoms with E-state index in [-0.39, 0.29) is 11.3 Å². The fraction of sp³-hybridized carbons (Fsp3) is 0.400. The first-order valence-electron chi connectivity index (χ1n) is 4.59. The van der Waals surface area contributed by atoms with Gasteiger partial charge in [-0.3, -0.25) is 9.59 Å². The maximum atomic E-state index is 11.2. The molecular weight excluding hydrogens is 232 g/mol. The smallest absolute Gasteiger partial charge is 0.306 e. The Hall–Kier alpha value is -1.24. The highest BCUT2D eigenvalue weighted by Crippen LogP contribution is 2.27. The van der Waals surface area contributed by atoms with E-state index in [2.05, 4.69) is 0 Å². The van der Waals surface area contributed by atoms with Gasteiger partial charge in [-0.1, -0.05) is 0 Å². The molecule has 0 spiro atoms. The van der Waals surface area contributed by atoms with Crippen LogP contribution in [0.5, 0.6) is 0 Å². The van der Waals surface area contributed by atoms with E-state index in [0.717, 1.165) is 11.3 Å². The first-order chi connectivity index (χ1) is 7.43. The molecule has 0 saturated carbocycles. The molecule has 0 amide bonds. The fourth-order valence-electron chi connectivity index (χ4n) is 1.34. The Kier molecular flexibility index (Phi) is 4.17. The summed E-state index contributed by atoms with van der Waals surface area (Å²) < 4.78 is 0. The maximum Gasteiger partial charge on any atom is 0.306 e. The number of thiophene rings is 1. The van der Waals surface area contributed by atoms with E-state index >= 15 is 0 Å². The van der Waals surface area contributed by atoms with Gasteiger partial charge in [0, 0.05) is 5.56 Å². The monoisotopic (exact) mass is 244 g/mol. The van der Waals surface area contributed by atoms with Gasteiger partial charge in [0.25, 0.3) is 0 Å². The third-order valence-corrected chi connectivity index (χ3v) is 3.11. The zero-order chi connectivity index (χ0) is 12.3. The summed E-state index contributed by atoms with van der Waals surface area (Å²) in [4.78, 5) is 21.9. The van der Waals surface area contributed by atoms with E-state index < -0.39 is 24.6 Å². The highest BCUT2D eigenvalue weighted by atomic mass is 32.1. The number of carboxylic acids is 1. The quantitative estimate of drug-likeness (QED) is 0.666. The number of carbonyl (C=O) groups excluding carboxylic acids is 1. The van der Waals surface area contributed by atoms with Crippen molar-refractivity contribution in [3.63, 3.8) is 0 Å². The van der Waals surface area contributed by atoms with Crippen LogP contribution in [0.2, 0.25) is 0 Å². The third kappa shape index (κ3) is 2.88. The van der Waals surface area contributed by atoms with Crippen LogP contribution in [0, 0.1) is 0 Å². The normalized spacial score (nSPS) is 14.4. The average molecular weight is 244 g/mol. The zero-order valence-corrected chi connectivity index (χ0v) is 9.40. The molecule has 0 aromatic carbocycles. The van der Waals surface area contributed by atoms with Gasteiger partial charge in [0.05, 0.1) is 17.4 Å². The number of carbonyl (C=O) groups is 2. The van der Waals surface area contributed by atoms with Crippen molar-refractivity contribution >= 4 is 23.1 Å². The molecule has 5 nitrogen and oxygen atoms in total. The molecule has 0 aliphatic rings. The van der Waals surface area contributed by atoms with Crippen molar-refractivity contribution in [2.45, 2.75) is 25.6 Å². The van der Waals surface area contributed by atoms with Gasteiger partial charge < -0.3 is 15.3 Å². The van der Waals surface area contributed by atoms with Crippen LogP contribution < -0.4 is 0 Å².